The summed E-state index contributed by atoms with van der Waals surface area (Å²) in [5, 5.41) is 15.7. The molecule has 5 heteroatoms. The first-order chi connectivity index (χ1) is 8.61. The van der Waals surface area contributed by atoms with Crippen molar-refractivity contribution >= 4 is 5.69 Å². The average Bonchev–Trinajstić information content (AvgIpc) is 2.68. The van der Waals surface area contributed by atoms with E-state index in [4.69, 9.17) is 9.78 Å². The van der Waals surface area contributed by atoms with Gasteiger partial charge in [-0.3, -0.25) is 0 Å². The van der Waals surface area contributed by atoms with Gasteiger partial charge in [0.25, 0.3) is 0 Å². The molecule has 1 N–H and O–H groups in total. The van der Waals surface area contributed by atoms with Crippen molar-refractivity contribution in [1.82, 2.24) is 5.16 Å². The Morgan fingerprint density at radius 3 is 2.83 bits per heavy atom. The molecule has 0 aliphatic heterocycles. The van der Waals surface area contributed by atoms with Crippen molar-refractivity contribution < 1.29 is 8.91 Å². The summed E-state index contributed by atoms with van der Waals surface area (Å²) in [4.78, 5) is 0. The van der Waals surface area contributed by atoms with Crippen LogP contribution in [0.3, 0.4) is 0 Å². The maximum atomic E-state index is 13.1. The normalized spacial score (nSPS) is 10.1. The molecule has 2 aromatic rings. The van der Waals surface area contributed by atoms with Crippen LogP contribution in [0.25, 0.3) is 0 Å². The summed E-state index contributed by atoms with van der Waals surface area (Å²) < 4.78 is 18.2. The first kappa shape index (κ1) is 12.1. The summed E-state index contributed by atoms with van der Waals surface area (Å²) in [5.74, 6) is 0.239. The number of nitrogens with one attached hydrogen (secondary N) is 1. The van der Waals surface area contributed by atoms with Crippen LogP contribution in [-0.4, -0.2) is 5.16 Å². The highest BCUT2D eigenvalue weighted by Gasteiger charge is 2.09. The Bertz CT molecular complexity index is 594. The number of benzene rings is 1. The van der Waals surface area contributed by atoms with Crippen molar-refractivity contribution in [3.63, 3.8) is 0 Å². The number of hydrogen-bond donors (Lipinski definition) is 1. The van der Waals surface area contributed by atoms with Gasteiger partial charge in [0.2, 0.25) is 0 Å². The Morgan fingerprint density at radius 1 is 1.44 bits per heavy atom. The zero-order chi connectivity index (χ0) is 13.1. The fourth-order valence-corrected chi connectivity index (χ4v) is 1.67. The van der Waals surface area contributed by atoms with Crippen LogP contribution in [0.4, 0.5) is 10.1 Å². The minimum Gasteiger partial charge on any atom is -0.381 e. The molecular formula is C13H12FN3O. The van der Waals surface area contributed by atoms with E-state index in [0.717, 1.165) is 17.0 Å². The quantitative estimate of drug-likeness (QED) is 0.903. The van der Waals surface area contributed by atoms with Crippen LogP contribution in [0, 0.1) is 31.0 Å². The summed E-state index contributed by atoms with van der Waals surface area (Å²) in [6.45, 7) is 4.22. The van der Waals surface area contributed by atoms with E-state index in [9.17, 15) is 4.39 Å². The smallest absolute Gasteiger partial charge is 0.141 e. The third kappa shape index (κ3) is 2.33. The van der Waals surface area contributed by atoms with Crippen molar-refractivity contribution in [2.75, 3.05) is 5.32 Å². The number of aromatic nitrogens is 1. The van der Waals surface area contributed by atoms with E-state index in [1.54, 1.807) is 12.1 Å². The third-order valence-corrected chi connectivity index (χ3v) is 2.74. The highest BCUT2D eigenvalue weighted by molar-refractivity contribution is 5.50. The lowest BCUT2D eigenvalue weighted by atomic mass is 10.1. The molecule has 0 atom stereocenters. The Hall–Kier alpha value is -2.35. The van der Waals surface area contributed by atoms with Crippen molar-refractivity contribution in [3.8, 4) is 6.07 Å². The van der Waals surface area contributed by atoms with Crippen molar-refractivity contribution in [3.05, 3.63) is 46.6 Å². The lowest BCUT2D eigenvalue weighted by molar-refractivity contribution is 0.392. The number of hydrogen-bond acceptors (Lipinski definition) is 4. The van der Waals surface area contributed by atoms with Gasteiger partial charge in [-0.1, -0.05) is 5.16 Å². The molecule has 2 rings (SSSR count). The lowest BCUT2D eigenvalue weighted by Crippen LogP contribution is -2.02. The molecule has 1 heterocycles. The van der Waals surface area contributed by atoms with Gasteiger partial charge in [0.05, 0.1) is 11.3 Å². The summed E-state index contributed by atoms with van der Waals surface area (Å²) in [6.07, 6.45) is 0. The molecule has 0 bridgehead atoms. The molecule has 0 unspecified atom stereocenters. The predicted molar refractivity (Wildman–Crippen MR) is 64.4 cm³/mol. The van der Waals surface area contributed by atoms with Gasteiger partial charge in [-0.2, -0.15) is 5.26 Å². The Balaban J connectivity index is 2.14. The first-order valence-corrected chi connectivity index (χ1v) is 5.47. The van der Waals surface area contributed by atoms with Gasteiger partial charge in [0.15, 0.2) is 0 Å². The number of anilines is 1. The molecule has 0 saturated heterocycles. The summed E-state index contributed by atoms with van der Waals surface area (Å²) in [6, 6.07) is 6.15. The summed E-state index contributed by atoms with van der Waals surface area (Å²) in [5.41, 5.74) is 2.51. The molecular weight excluding hydrogens is 233 g/mol. The van der Waals surface area contributed by atoms with Crippen LogP contribution in [0.2, 0.25) is 0 Å². The number of rotatable bonds is 3. The second-order valence-electron chi connectivity index (χ2n) is 3.96. The second-order valence-corrected chi connectivity index (χ2v) is 3.96. The van der Waals surface area contributed by atoms with E-state index >= 15 is 0 Å². The van der Waals surface area contributed by atoms with E-state index < -0.39 is 5.82 Å². The number of nitriles is 1. The SMILES string of the molecule is Cc1noc(C)c1CNc1ccc(F)c(C#N)c1. The fourth-order valence-electron chi connectivity index (χ4n) is 1.67. The van der Waals surface area contributed by atoms with Gasteiger partial charge in [0, 0.05) is 17.8 Å². The highest BCUT2D eigenvalue weighted by atomic mass is 19.1. The van der Waals surface area contributed by atoms with Crippen molar-refractivity contribution in [2.45, 2.75) is 20.4 Å². The summed E-state index contributed by atoms with van der Waals surface area (Å²) >= 11 is 0. The van der Waals surface area contributed by atoms with E-state index in [1.165, 1.54) is 12.1 Å². The van der Waals surface area contributed by atoms with Gasteiger partial charge >= 0.3 is 0 Å². The monoisotopic (exact) mass is 245 g/mol. The molecule has 0 fully saturated rings. The van der Waals surface area contributed by atoms with Crippen LogP contribution in [0.1, 0.15) is 22.6 Å². The predicted octanol–water partition coefficient (Wildman–Crippen LogP) is 2.91. The molecule has 0 radical (unpaired) electrons. The zero-order valence-corrected chi connectivity index (χ0v) is 10.1. The summed E-state index contributed by atoms with van der Waals surface area (Å²) in [7, 11) is 0. The minimum absolute atomic E-state index is 0.0266. The highest BCUT2D eigenvalue weighted by Crippen LogP contribution is 2.17. The molecule has 0 spiro atoms. The molecule has 0 aliphatic carbocycles. The van der Waals surface area contributed by atoms with Crippen LogP contribution < -0.4 is 5.32 Å². The molecule has 92 valence electrons. The molecule has 0 aliphatic rings. The van der Waals surface area contributed by atoms with E-state index in [0.29, 0.717) is 12.2 Å². The van der Waals surface area contributed by atoms with Crippen molar-refractivity contribution in [2.24, 2.45) is 0 Å². The van der Waals surface area contributed by atoms with E-state index in [2.05, 4.69) is 10.5 Å². The first-order valence-electron chi connectivity index (χ1n) is 5.47. The number of aryl methyl sites for hydroxylation is 2. The fraction of sp³-hybridized carbons (Fsp3) is 0.231. The van der Waals surface area contributed by atoms with E-state index in [-0.39, 0.29) is 5.56 Å². The van der Waals surface area contributed by atoms with Gasteiger partial charge in [0.1, 0.15) is 17.6 Å². The number of halogens is 1. The zero-order valence-electron chi connectivity index (χ0n) is 10.1. The van der Waals surface area contributed by atoms with Gasteiger partial charge in [-0.05, 0) is 32.0 Å². The van der Waals surface area contributed by atoms with Crippen LogP contribution in [0.5, 0.6) is 0 Å². The van der Waals surface area contributed by atoms with E-state index in [1.807, 2.05) is 13.8 Å². The molecule has 0 amide bonds. The molecule has 1 aromatic carbocycles. The Kier molecular flexibility index (Phi) is 3.28. The topological polar surface area (TPSA) is 61.9 Å². The molecule has 1 aromatic heterocycles. The van der Waals surface area contributed by atoms with Crippen molar-refractivity contribution in [1.29, 1.82) is 5.26 Å². The molecule has 18 heavy (non-hydrogen) atoms. The van der Waals surface area contributed by atoms with Crippen LogP contribution in [-0.2, 0) is 6.54 Å². The maximum Gasteiger partial charge on any atom is 0.141 e. The van der Waals surface area contributed by atoms with Crippen LogP contribution in [0.15, 0.2) is 22.7 Å². The average molecular weight is 245 g/mol. The second kappa shape index (κ2) is 4.88. The van der Waals surface area contributed by atoms with Gasteiger partial charge in [-0.25, -0.2) is 4.39 Å². The molecule has 4 nitrogen and oxygen atoms in total. The van der Waals surface area contributed by atoms with Gasteiger partial charge < -0.3 is 9.84 Å². The van der Waals surface area contributed by atoms with Gasteiger partial charge in [-0.15, -0.1) is 0 Å². The largest absolute Gasteiger partial charge is 0.381 e. The maximum absolute atomic E-state index is 13.1. The Morgan fingerprint density at radius 2 is 2.22 bits per heavy atom. The molecule has 0 saturated carbocycles. The van der Waals surface area contributed by atoms with Crippen LogP contribution >= 0.6 is 0 Å². The number of nitrogens with zero attached hydrogens (tertiary/aromatic N) is 2. The Labute approximate surface area is 104 Å². The third-order valence-electron chi connectivity index (χ3n) is 2.74. The lowest BCUT2D eigenvalue weighted by Gasteiger charge is -2.06. The minimum atomic E-state index is -0.514. The standard InChI is InChI=1S/C13H12FN3O/c1-8-12(9(2)18-17-8)7-16-11-3-4-13(14)10(5-11)6-15/h3-5,16H,7H2,1-2H3.